The Hall–Kier alpha value is -3.22. The van der Waals surface area contributed by atoms with E-state index in [2.05, 4.69) is 5.32 Å². The maximum absolute atomic E-state index is 11.9. The summed E-state index contributed by atoms with van der Waals surface area (Å²) in [6.45, 7) is 1.39. The number of anilines is 1. The number of nitrogens with zero attached hydrogens (tertiary/aromatic N) is 1. The molecule has 1 N–H and O–H groups in total. The topological polar surface area (TPSA) is 98.5 Å². The SMILES string of the molecule is CC(=O)Nc1cccc(CC(=O)Oc2cccc([N+](=O)[O-])c2)c1. The van der Waals surface area contributed by atoms with Crippen molar-refractivity contribution >= 4 is 23.3 Å². The minimum absolute atomic E-state index is 0.0177. The number of carbonyl (C=O) groups excluding carboxylic acids is 2. The van der Waals surface area contributed by atoms with E-state index < -0.39 is 10.9 Å². The number of rotatable bonds is 5. The number of non-ortho nitro benzene ring substituents is 1. The van der Waals surface area contributed by atoms with Gasteiger partial charge in [0.05, 0.1) is 17.4 Å². The van der Waals surface area contributed by atoms with Crippen molar-refractivity contribution in [2.75, 3.05) is 5.32 Å². The molecule has 7 heteroatoms. The summed E-state index contributed by atoms with van der Waals surface area (Å²) in [4.78, 5) is 33.1. The summed E-state index contributed by atoms with van der Waals surface area (Å²) in [5, 5.41) is 13.3. The van der Waals surface area contributed by atoms with E-state index in [1.165, 1.54) is 31.2 Å². The molecule has 0 saturated carbocycles. The molecule has 0 bridgehead atoms. The number of hydrogen-bond acceptors (Lipinski definition) is 5. The summed E-state index contributed by atoms with van der Waals surface area (Å²) < 4.78 is 5.10. The van der Waals surface area contributed by atoms with Crippen molar-refractivity contribution in [3.8, 4) is 5.75 Å². The van der Waals surface area contributed by atoms with Crippen LogP contribution in [0.1, 0.15) is 12.5 Å². The summed E-state index contributed by atoms with van der Waals surface area (Å²) in [6.07, 6.45) is -0.0177. The van der Waals surface area contributed by atoms with Crippen LogP contribution in [0.25, 0.3) is 0 Å². The molecule has 0 radical (unpaired) electrons. The zero-order valence-electron chi connectivity index (χ0n) is 12.3. The molecule has 0 atom stereocenters. The van der Waals surface area contributed by atoms with Crippen LogP contribution in [-0.4, -0.2) is 16.8 Å². The van der Waals surface area contributed by atoms with Crippen molar-refractivity contribution in [2.24, 2.45) is 0 Å². The molecule has 0 aliphatic rings. The first-order chi connectivity index (χ1) is 10.9. The van der Waals surface area contributed by atoms with Gasteiger partial charge in [0.2, 0.25) is 5.91 Å². The van der Waals surface area contributed by atoms with Crippen molar-refractivity contribution in [1.29, 1.82) is 0 Å². The highest BCUT2D eigenvalue weighted by Crippen LogP contribution is 2.20. The fourth-order valence-electron chi connectivity index (χ4n) is 1.96. The highest BCUT2D eigenvalue weighted by molar-refractivity contribution is 5.88. The Balaban J connectivity index is 2.03. The lowest BCUT2D eigenvalue weighted by Gasteiger charge is -2.06. The Bertz CT molecular complexity index is 758. The molecule has 2 rings (SSSR count). The van der Waals surface area contributed by atoms with Gasteiger partial charge in [0, 0.05) is 18.7 Å². The van der Waals surface area contributed by atoms with Crippen LogP contribution < -0.4 is 10.1 Å². The Kier molecular flexibility index (Phi) is 5.03. The van der Waals surface area contributed by atoms with Crippen molar-refractivity contribution in [2.45, 2.75) is 13.3 Å². The van der Waals surface area contributed by atoms with Gasteiger partial charge in [0.25, 0.3) is 5.69 Å². The Morgan fingerprint density at radius 1 is 1.17 bits per heavy atom. The minimum atomic E-state index is -0.561. The third-order valence-corrected chi connectivity index (χ3v) is 2.86. The molecular formula is C16H14N2O5. The van der Waals surface area contributed by atoms with Gasteiger partial charge in [-0.15, -0.1) is 0 Å². The van der Waals surface area contributed by atoms with E-state index in [1.807, 2.05) is 0 Å². The number of benzene rings is 2. The molecule has 2 aromatic rings. The summed E-state index contributed by atoms with van der Waals surface area (Å²) >= 11 is 0. The van der Waals surface area contributed by atoms with Crippen LogP contribution >= 0.6 is 0 Å². The first-order valence-electron chi connectivity index (χ1n) is 6.76. The number of ether oxygens (including phenoxy) is 1. The normalized spacial score (nSPS) is 9.96. The van der Waals surface area contributed by atoms with E-state index in [9.17, 15) is 19.7 Å². The van der Waals surface area contributed by atoms with Gasteiger partial charge in [-0.25, -0.2) is 0 Å². The highest BCUT2D eigenvalue weighted by Gasteiger charge is 2.11. The zero-order valence-corrected chi connectivity index (χ0v) is 12.3. The minimum Gasteiger partial charge on any atom is -0.426 e. The average Bonchev–Trinajstić information content (AvgIpc) is 2.47. The van der Waals surface area contributed by atoms with Crippen LogP contribution in [0.2, 0.25) is 0 Å². The fourth-order valence-corrected chi connectivity index (χ4v) is 1.96. The Morgan fingerprint density at radius 3 is 2.61 bits per heavy atom. The van der Waals surface area contributed by atoms with Crippen LogP contribution in [0.3, 0.4) is 0 Å². The molecule has 118 valence electrons. The lowest BCUT2D eigenvalue weighted by Crippen LogP contribution is -2.12. The number of carbonyl (C=O) groups is 2. The number of esters is 1. The van der Waals surface area contributed by atoms with E-state index in [1.54, 1.807) is 24.3 Å². The van der Waals surface area contributed by atoms with Crippen LogP contribution in [-0.2, 0) is 16.0 Å². The summed E-state index contributed by atoms with van der Waals surface area (Å²) in [6, 6.07) is 12.2. The Morgan fingerprint density at radius 2 is 1.91 bits per heavy atom. The largest absolute Gasteiger partial charge is 0.426 e. The molecule has 23 heavy (non-hydrogen) atoms. The molecule has 0 aliphatic heterocycles. The maximum Gasteiger partial charge on any atom is 0.315 e. The summed E-state index contributed by atoms with van der Waals surface area (Å²) in [5.41, 5.74) is 1.09. The molecule has 1 amide bonds. The molecule has 0 aliphatic carbocycles. The average molecular weight is 314 g/mol. The maximum atomic E-state index is 11.9. The van der Waals surface area contributed by atoms with Crippen molar-refractivity contribution in [1.82, 2.24) is 0 Å². The quantitative estimate of drug-likeness (QED) is 0.396. The van der Waals surface area contributed by atoms with Gasteiger partial charge in [0.15, 0.2) is 0 Å². The lowest BCUT2D eigenvalue weighted by atomic mass is 10.1. The van der Waals surface area contributed by atoms with E-state index in [4.69, 9.17) is 4.74 Å². The van der Waals surface area contributed by atoms with Gasteiger partial charge < -0.3 is 10.1 Å². The van der Waals surface area contributed by atoms with Crippen molar-refractivity contribution < 1.29 is 19.2 Å². The van der Waals surface area contributed by atoms with Crippen LogP contribution in [0.15, 0.2) is 48.5 Å². The highest BCUT2D eigenvalue weighted by atomic mass is 16.6. The van der Waals surface area contributed by atoms with Gasteiger partial charge in [-0.3, -0.25) is 19.7 Å². The monoisotopic (exact) mass is 314 g/mol. The first kappa shape index (κ1) is 16.2. The van der Waals surface area contributed by atoms with Crippen LogP contribution in [0.5, 0.6) is 5.75 Å². The van der Waals surface area contributed by atoms with Crippen LogP contribution in [0, 0.1) is 10.1 Å². The van der Waals surface area contributed by atoms with Crippen molar-refractivity contribution in [3.63, 3.8) is 0 Å². The van der Waals surface area contributed by atoms with E-state index in [0.717, 1.165) is 0 Å². The third-order valence-electron chi connectivity index (χ3n) is 2.86. The van der Waals surface area contributed by atoms with Gasteiger partial charge in [-0.1, -0.05) is 18.2 Å². The molecule has 0 saturated heterocycles. The second kappa shape index (κ2) is 7.17. The summed E-state index contributed by atoms with van der Waals surface area (Å²) in [5.74, 6) is -0.644. The van der Waals surface area contributed by atoms with Crippen molar-refractivity contribution in [3.05, 3.63) is 64.2 Å². The molecule has 7 nitrogen and oxygen atoms in total. The van der Waals surface area contributed by atoms with Crippen LogP contribution in [0.4, 0.5) is 11.4 Å². The van der Waals surface area contributed by atoms with Gasteiger partial charge in [-0.05, 0) is 23.8 Å². The molecule has 0 aromatic heterocycles. The predicted octanol–water partition coefficient (Wildman–Crippen LogP) is 2.70. The Labute approximate surface area is 132 Å². The third kappa shape index (κ3) is 4.92. The molecule has 0 heterocycles. The molecule has 0 fully saturated rings. The second-order valence-electron chi connectivity index (χ2n) is 4.79. The number of nitrogens with one attached hydrogen (secondary N) is 1. The van der Waals surface area contributed by atoms with Gasteiger partial charge in [0.1, 0.15) is 5.75 Å². The number of nitro groups is 1. The van der Waals surface area contributed by atoms with E-state index in [-0.39, 0.29) is 23.8 Å². The predicted molar refractivity (Wildman–Crippen MR) is 83.2 cm³/mol. The summed E-state index contributed by atoms with van der Waals surface area (Å²) in [7, 11) is 0. The number of nitro benzene ring substituents is 1. The number of amides is 1. The first-order valence-corrected chi connectivity index (χ1v) is 6.76. The lowest BCUT2D eigenvalue weighted by molar-refractivity contribution is -0.384. The van der Waals surface area contributed by atoms with Gasteiger partial charge >= 0.3 is 5.97 Å². The molecule has 0 unspecified atom stereocenters. The standard InChI is InChI=1S/C16H14N2O5/c1-11(19)17-13-5-2-4-12(8-13)9-16(20)23-15-7-3-6-14(10-15)18(21)22/h2-8,10H,9H2,1H3,(H,17,19). The van der Waals surface area contributed by atoms with E-state index in [0.29, 0.717) is 11.3 Å². The fraction of sp³-hybridized carbons (Fsp3) is 0.125. The molecule has 0 spiro atoms. The van der Waals surface area contributed by atoms with E-state index >= 15 is 0 Å². The second-order valence-corrected chi connectivity index (χ2v) is 4.79. The van der Waals surface area contributed by atoms with Gasteiger partial charge in [-0.2, -0.15) is 0 Å². The molecular weight excluding hydrogens is 300 g/mol. The zero-order chi connectivity index (χ0) is 16.8. The molecule has 2 aromatic carbocycles. The smallest absolute Gasteiger partial charge is 0.315 e. The number of hydrogen-bond donors (Lipinski definition) is 1.